The molecule has 1 N–H and O–H groups in total. The van der Waals surface area contributed by atoms with Gasteiger partial charge in [-0.2, -0.15) is 0 Å². The van der Waals surface area contributed by atoms with Crippen LogP contribution in [-0.4, -0.2) is 29.2 Å². The lowest BCUT2D eigenvalue weighted by atomic mass is 10.1. The summed E-state index contributed by atoms with van der Waals surface area (Å²) in [7, 11) is 1.69. The standard InChI is InChI=1S/C13H22ClN3O/c1-6-7-10-15-11(14)9(2)12(16-10)17-13(3,4)8-18-5/h6-8H2,1-5H3,(H,15,16,17). The number of hydrogen-bond acceptors (Lipinski definition) is 4. The van der Waals surface area contributed by atoms with Crippen LogP contribution in [0.25, 0.3) is 0 Å². The summed E-state index contributed by atoms with van der Waals surface area (Å²) in [5.41, 5.74) is 0.682. The Morgan fingerprint density at radius 2 is 2.00 bits per heavy atom. The normalized spacial score (nSPS) is 11.7. The fourth-order valence-corrected chi connectivity index (χ4v) is 1.89. The lowest BCUT2D eigenvalue weighted by molar-refractivity contribution is 0.158. The smallest absolute Gasteiger partial charge is 0.137 e. The summed E-state index contributed by atoms with van der Waals surface area (Å²) in [4.78, 5) is 8.81. The van der Waals surface area contributed by atoms with E-state index in [4.69, 9.17) is 16.3 Å². The monoisotopic (exact) mass is 271 g/mol. The summed E-state index contributed by atoms with van der Waals surface area (Å²) in [6.07, 6.45) is 1.83. The molecule has 18 heavy (non-hydrogen) atoms. The quantitative estimate of drug-likeness (QED) is 0.807. The van der Waals surface area contributed by atoms with Crippen LogP contribution in [0.3, 0.4) is 0 Å². The molecule has 0 aliphatic heterocycles. The van der Waals surface area contributed by atoms with Crippen molar-refractivity contribution >= 4 is 17.4 Å². The number of aromatic nitrogens is 2. The van der Waals surface area contributed by atoms with Crippen molar-refractivity contribution in [2.24, 2.45) is 0 Å². The van der Waals surface area contributed by atoms with Crippen molar-refractivity contribution in [2.45, 2.75) is 46.1 Å². The van der Waals surface area contributed by atoms with Crippen LogP contribution < -0.4 is 5.32 Å². The molecular formula is C13H22ClN3O. The van der Waals surface area contributed by atoms with E-state index in [9.17, 15) is 0 Å². The van der Waals surface area contributed by atoms with Gasteiger partial charge in [-0.15, -0.1) is 0 Å². The number of hydrogen-bond donors (Lipinski definition) is 1. The van der Waals surface area contributed by atoms with Gasteiger partial charge in [-0.1, -0.05) is 18.5 Å². The number of methoxy groups -OCH3 is 1. The molecule has 0 saturated carbocycles. The zero-order valence-electron chi connectivity index (χ0n) is 11.8. The van der Waals surface area contributed by atoms with Gasteiger partial charge in [0.15, 0.2) is 0 Å². The predicted octanol–water partition coefficient (Wildman–Crippen LogP) is 3.23. The van der Waals surface area contributed by atoms with Gasteiger partial charge in [0.2, 0.25) is 0 Å². The van der Waals surface area contributed by atoms with E-state index < -0.39 is 0 Å². The third kappa shape index (κ3) is 4.10. The SMILES string of the molecule is CCCc1nc(Cl)c(C)c(NC(C)(C)COC)n1. The molecule has 0 aliphatic rings. The van der Waals surface area contributed by atoms with Crippen molar-refractivity contribution in [3.05, 3.63) is 16.5 Å². The average molecular weight is 272 g/mol. The number of nitrogens with zero attached hydrogens (tertiary/aromatic N) is 2. The van der Waals surface area contributed by atoms with Gasteiger partial charge in [-0.25, -0.2) is 9.97 Å². The van der Waals surface area contributed by atoms with Crippen molar-refractivity contribution in [3.63, 3.8) is 0 Å². The molecule has 102 valence electrons. The van der Waals surface area contributed by atoms with Gasteiger partial charge in [0.25, 0.3) is 0 Å². The Labute approximate surface area is 114 Å². The van der Waals surface area contributed by atoms with Crippen LogP contribution in [0.2, 0.25) is 5.15 Å². The predicted molar refractivity (Wildman–Crippen MR) is 75.4 cm³/mol. The molecule has 1 rings (SSSR count). The van der Waals surface area contributed by atoms with E-state index in [1.165, 1.54) is 0 Å². The highest BCUT2D eigenvalue weighted by atomic mass is 35.5. The number of ether oxygens (including phenoxy) is 1. The van der Waals surface area contributed by atoms with Crippen molar-refractivity contribution in [1.29, 1.82) is 0 Å². The van der Waals surface area contributed by atoms with Crippen LogP contribution in [0.4, 0.5) is 5.82 Å². The highest BCUT2D eigenvalue weighted by molar-refractivity contribution is 6.30. The van der Waals surface area contributed by atoms with Crippen LogP contribution in [-0.2, 0) is 11.2 Å². The fraction of sp³-hybridized carbons (Fsp3) is 0.692. The largest absolute Gasteiger partial charge is 0.382 e. The minimum absolute atomic E-state index is 0.194. The average Bonchev–Trinajstić information content (AvgIpc) is 2.25. The highest BCUT2D eigenvalue weighted by Crippen LogP contribution is 2.23. The van der Waals surface area contributed by atoms with Gasteiger partial charge in [-0.3, -0.25) is 0 Å². The Morgan fingerprint density at radius 1 is 1.33 bits per heavy atom. The second-order valence-electron chi connectivity index (χ2n) is 5.10. The van der Waals surface area contributed by atoms with Crippen molar-refractivity contribution < 1.29 is 4.74 Å². The van der Waals surface area contributed by atoms with E-state index >= 15 is 0 Å². The third-order valence-corrected chi connectivity index (χ3v) is 2.94. The van der Waals surface area contributed by atoms with Crippen LogP contribution in [0.15, 0.2) is 0 Å². The first-order valence-corrected chi connectivity index (χ1v) is 6.57. The van der Waals surface area contributed by atoms with Gasteiger partial charge in [0.05, 0.1) is 12.1 Å². The molecule has 0 bridgehead atoms. The fourth-order valence-electron chi connectivity index (χ4n) is 1.71. The number of halogens is 1. The third-order valence-electron chi connectivity index (χ3n) is 2.57. The van der Waals surface area contributed by atoms with Crippen molar-refractivity contribution in [3.8, 4) is 0 Å². The molecule has 0 unspecified atom stereocenters. The molecule has 0 aromatic carbocycles. The summed E-state index contributed by atoms with van der Waals surface area (Å²) in [6.45, 7) is 8.73. The summed E-state index contributed by atoms with van der Waals surface area (Å²) >= 11 is 6.14. The molecule has 0 radical (unpaired) electrons. The van der Waals surface area contributed by atoms with E-state index in [1.807, 2.05) is 6.92 Å². The molecule has 0 fully saturated rings. The molecule has 1 heterocycles. The van der Waals surface area contributed by atoms with Gasteiger partial charge in [-0.05, 0) is 27.2 Å². The van der Waals surface area contributed by atoms with Crippen LogP contribution in [0, 0.1) is 6.92 Å². The number of aryl methyl sites for hydroxylation is 1. The minimum Gasteiger partial charge on any atom is -0.382 e. The molecule has 1 aromatic heterocycles. The maximum atomic E-state index is 6.14. The first-order chi connectivity index (χ1) is 8.39. The molecule has 0 aliphatic carbocycles. The summed E-state index contributed by atoms with van der Waals surface area (Å²) in [5, 5.41) is 3.88. The van der Waals surface area contributed by atoms with Gasteiger partial charge in [0, 0.05) is 19.1 Å². The first kappa shape index (κ1) is 15.2. The van der Waals surface area contributed by atoms with E-state index in [2.05, 4.69) is 36.1 Å². The topological polar surface area (TPSA) is 47.0 Å². The Kier molecular flexibility index (Phi) is 5.35. The minimum atomic E-state index is -0.194. The maximum Gasteiger partial charge on any atom is 0.137 e. The van der Waals surface area contributed by atoms with E-state index in [-0.39, 0.29) is 5.54 Å². The number of anilines is 1. The molecule has 4 nitrogen and oxygen atoms in total. The first-order valence-electron chi connectivity index (χ1n) is 6.19. The van der Waals surface area contributed by atoms with Crippen LogP contribution >= 0.6 is 11.6 Å². The summed E-state index contributed by atoms with van der Waals surface area (Å²) in [5.74, 6) is 1.57. The molecule has 0 amide bonds. The summed E-state index contributed by atoms with van der Waals surface area (Å²) in [6, 6.07) is 0. The lowest BCUT2D eigenvalue weighted by Gasteiger charge is -2.27. The van der Waals surface area contributed by atoms with Gasteiger partial charge in [0.1, 0.15) is 16.8 Å². The Bertz CT molecular complexity index is 407. The molecule has 1 aromatic rings. The Morgan fingerprint density at radius 3 is 2.56 bits per heavy atom. The summed E-state index contributed by atoms with van der Waals surface area (Å²) < 4.78 is 5.19. The second kappa shape index (κ2) is 6.34. The van der Waals surface area contributed by atoms with Crippen LogP contribution in [0.5, 0.6) is 0 Å². The van der Waals surface area contributed by atoms with Gasteiger partial charge < -0.3 is 10.1 Å². The maximum absolute atomic E-state index is 6.14. The van der Waals surface area contributed by atoms with Crippen LogP contribution in [0.1, 0.15) is 38.6 Å². The van der Waals surface area contributed by atoms with E-state index in [0.29, 0.717) is 11.8 Å². The zero-order valence-corrected chi connectivity index (χ0v) is 12.6. The molecule has 5 heteroatoms. The number of rotatable bonds is 6. The Balaban J connectivity index is 3.00. The van der Waals surface area contributed by atoms with Crippen molar-refractivity contribution in [2.75, 3.05) is 19.0 Å². The van der Waals surface area contributed by atoms with E-state index in [1.54, 1.807) is 7.11 Å². The molecule has 0 spiro atoms. The van der Waals surface area contributed by atoms with Gasteiger partial charge >= 0.3 is 0 Å². The molecular weight excluding hydrogens is 250 g/mol. The second-order valence-corrected chi connectivity index (χ2v) is 5.45. The zero-order chi connectivity index (χ0) is 13.8. The molecule has 0 saturated heterocycles. The number of nitrogens with one attached hydrogen (secondary N) is 1. The lowest BCUT2D eigenvalue weighted by Crippen LogP contribution is -2.36. The Hall–Kier alpha value is -0.870. The molecule has 0 atom stereocenters. The highest BCUT2D eigenvalue weighted by Gasteiger charge is 2.20. The van der Waals surface area contributed by atoms with E-state index in [0.717, 1.165) is 30.0 Å². The van der Waals surface area contributed by atoms with Crippen molar-refractivity contribution in [1.82, 2.24) is 9.97 Å².